The SMILES string of the molecule is CC(=O)OC[C@@H]1O[C@H](n2ccc(N)nc2=O)C=C[C@H]1COC(C)=O. The van der Waals surface area contributed by atoms with Crippen LogP contribution >= 0.6 is 0 Å². The Morgan fingerprint density at radius 2 is 1.92 bits per heavy atom. The smallest absolute Gasteiger partial charge is 0.351 e. The van der Waals surface area contributed by atoms with E-state index in [4.69, 9.17) is 19.9 Å². The summed E-state index contributed by atoms with van der Waals surface area (Å²) in [7, 11) is 0. The summed E-state index contributed by atoms with van der Waals surface area (Å²) < 4.78 is 17.1. The van der Waals surface area contributed by atoms with Crippen molar-refractivity contribution in [3.63, 3.8) is 0 Å². The number of ether oxygens (including phenoxy) is 3. The number of hydrogen-bond acceptors (Lipinski definition) is 8. The maximum atomic E-state index is 11.9. The van der Waals surface area contributed by atoms with Gasteiger partial charge in [0.2, 0.25) is 0 Å². The maximum absolute atomic E-state index is 11.9. The molecule has 0 amide bonds. The molecular weight excluding hydrogens is 318 g/mol. The van der Waals surface area contributed by atoms with Gasteiger partial charge >= 0.3 is 17.6 Å². The van der Waals surface area contributed by atoms with Crippen molar-refractivity contribution in [2.75, 3.05) is 18.9 Å². The first-order valence-electron chi connectivity index (χ1n) is 7.32. The molecule has 0 bridgehead atoms. The van der Waals surface area contributed by atoms with Gasteiger partial charge in [-0.25, -0.2) is 4.79 Å². The van der Waals surface area contributed by atoms with Crippen LogP contribution in [0.1, 0.15) is 20.1 Å². The van der Waals surface area contributed by atoms with E-state index in [2.05, 4.69) is 4.98 Å². The first-order chi connectivity index (χ1) is 11.4. The lowest BCUT2D eigenvalue weighted by Crippen LogP contribution is -2.39. The average molecular weight is 337 g/mol. The Kier molecular flexibility index (Phi) is 5.69. The first-order valence-corrected chi connectivity index (χ1v) is 7.32. The summed E-state index contributed by atoms with van der Waals surface area (Å²) in [6.45, 7) is 2.64. The van der Waals surface area contributed by atoms with E-state index in [0.717, 1.165) is 0 Å². The molecule has 0 saturated carbocycles. The molecule has 1 aliphatic heterocycles. The van der Waals surface area contributed by atoms with Gasteiger partial charge in [-0.15, -0.1) is 0 Å². The van der Waals surface area contributed by atoms with E-state index in [9.17, 15) is 14.4 Å². The Balaban J connectivity index is 2.18. The molecule has 2 N–H and O–H groups in total. The maximum Gasteiger partial charge on any atom is 0.351 e. The van der Waals surface area contributed by atoms with E-state index in [1.807, 2.05) is 0 Å². The average Bonchev–Trinajstić information content (AvgIpc) is 2.51. The summed E-state index contributed by atoms with van der Waals surface area (Å²) in [4.78, 5) is 37.6. The summed E-state index contributed by atoms with van der Waals surface area (Å²) in [5.74, 6) is -1.07. The molecule has 0 saturated heterocycles. The molecule has 9 nitrogen and oxygen atoms in total. The number of hydrogen-bond donors (Lipinski definition) is 1. The number of aromatic nitrogens is 2. The molecule has 2 rings (SSSR count). The van der Waals surface area contributed by atoms with E-state index < -0.39 is 30.0 Å². The zero-order chi connectivity index (χ0) is 17.7. The van der Waals surface area contributed by atoms with Crippen molar-refractivity contribution >= 4 is 17.8 Å². The van der Waals surface area contributed by atoms with Gasteiger partial charge in [-0.2, -0.15) is 4.98 Å². The molecule has 0 aliphatic carbocycles. The van der Waals surface area contributed by atoms with E-state index in [1.54, 1.807) is 12.2 Å². The Hall–Kier alpha value is -2.68. The summed E-state index contributed by atoms with van der Waals surface area (Å²) in [6.07, 6.45) is 3.58. The minimum Gasteiger partial charge on any atom is -0.465 e. The van der Waals surface area contributed by atoms with Gasteiger partial charge in [-0.05, 0) is 12.1 Å². The van der Waals surface area contributed by atoms with Crippen LogP contribution in [0, 0.1) is 5.92 Å². The van der Waals surface area contributed by atoms with Crippen molar-refractivity contribution in [1.82, 2.24) is 9.55 Å². The second kappa shape index (κ2) is 7.73. The van der Waals surface area contributed by atoms with Crippen LogP contribution in [0.25, 0.3) is 0 Å². The molecular formula is C15H19N3O6. The predicted molar refractivity (Wildman–Crippen MR) is 82.7 cm³/mol. The molecule has 0 fully saturated rings. The van der Waals surface area contributed by atoms with E-state index in [1.165, 1.54) is 30.7 Å². The van der Waals surface area contributed by atoms with Gasteiger partial charge in [-0.3, -0.25) is 14.2 Å². The molecule has 0 unspecified atom stereocenters. The van der Waals surface area contributed by atoms with Crippen molar-refractivity contribution in [3.05, 3.63) is 34.9 Å². The predicted octanol–water partition coefficient (Wildman–Crippen LogP) is 0.0215. The Morgan fingerprint density at radius 3 is 2.54 bits per heavy atom. The van der Waals surface area contributed by atoms with Gasteiger partial charge in [0.05, 0.1) is 0 Å². The van der Waals surface area contributed by atoms with Crippen molar-refractivity contribution in [1.29, 1.82) is 0 Å². The lowest BCUT2D eigenvalue weighted by Gasteiger charge is -2.32. The fraction of sp³-hybridized carbons (Fsp3) is 0.467. The standard InChI is InChI=1S/C15H19N3O6/c1-9(19)22-7-11-3-4-14(24-12(11)8-23-10(2)20)18-6-5-13(16)17-15(18)21/h3-6,11-12,14H,7-8H2,1-2H3,(H2,16,17,21)/t11-,12-,14-/m0/s1. The molecule has 24 heavy (non-hydrogen) atoms. The molecule has 0 aromatic carbocycles. The highest BCUT2D eigenvalue weighted by Gasteiger charge is 2.30. The highest BCUT2D eigenvalue weighted by molar-refractivity contribution is 5.66. The fourth-order valence-electron chi connectivity index (χ4n) is 2.20. The molecule has 0 radical (unpaired) electrons. The number of esters is 2. The van der Waals surface area contributed by atoms with E-state index in [-0.39, 0.29) is 24.9 Å². The molecule has 2 heterocycles. The monoisotopic (exact) mass is 337 g/mol. The van der Waals surface area contributed by atoms with Crippen LogP contribution in [-0.2, 0) is 23.8 Å². The number of carbonyl (C=O) groups is 2. The second-order valence-corrected chi connectivity index (χ2v) is 5.26. The number of anilines is 1. The molecule has 0 spiro atoms. The highest BCUT2D eigenvalue weighted by Crippen LogP contribution is 2.25. The Bertz CT molecular complexity index is 699. The van der Waals surface area contributed by atoms with E-state index >= 15 is 0 Å². The minimum atomic E-state index is -0.722. The molecule has 3 atom stereocenters. The third kappa shape index (κ3) is 4.66. The van der Waals surface area contributed by atoms with Gasteiger partial charge in [0.15, 0.2) is 6.23 Å². The van der Waals surface area contributed by atoms with Crippen LogP contribution in [0.4, 0.5) is 5.82 Å². The lowest BCUT2D eigenvalue weighted by molar-refractivity contribution is -0.156. The third-order valence-corrected chi connectivity index (χ3v) is 3.37. The molecule has 1 aliphatic rings. The quantitative estimate of drug-likeness (QED) is 0.589. The van der Waals surface area contributed by atoms with Gasteiger partial charge in [0.1, 0.15) is 25.1 Å². The van der Waals surface area contributed by atoms with Gasteiger partial charge in [-0.1, -0.05) is 6.08 Å². The summed E-state index contributed by atoms with van der Waals surface area (Å²) in [5, 5.41) is 0. The van der Waals surface area contributed by atoms with E-state index in [0.29, 0.717) is 0 Å². The highest BCUT2D eigenvalue weighted by atomic mass is 16.6. The molecule has 9 heteroatoms. The topological polar surface area (TPSA) is 123 Å². The zero-order valence-corrected chi connectivity index (χ0v) is 13.4. The second-order valence-electron chi connectivity index (χ2n) is 5.26. The largest absolute Gasteiger partial charge is 0.465 e. The van der Waals surface area contributed by atoms with Crippen LogP contribution in [0.2, 0.25) is 0 Å². The van der Waals surface area contributed by atoms with Crippen LogP contribution < -0.4 is 11.4 Å². The number of rotatable bonds is 5. The molecule has 1 aromatic rings. The summed E-state index contributed by atoms with van der Waals surface area (Å²) in [6, 6.07) is 1.48. The number of nitrogen functional groups attached to an aromatic ring is 1. The molecule has 130 valence electrons. The van der Waals surface area contributed by atoms with Crippen LogP contribution in [-0.4, -0.2) is 40.8 Å². The normalized spacial score (nSPS) is 22.8. The van der Waals surface area contributed by atoms with Crippen molar-refractivity contribution in [2.45, 2.75) is 26.2 Å². The Labute approximate surface area is 138 Å². The van der Waals surface area contributed by atoms with Crippen molar-refractivity contribution < 1.29 is 23.8 Å². The number of carbonyl (C=O) groups excluding carboxylic acids is 2. The summed E-state index contributed by atoms with van der Waals surface area (Å²) >= 11 is 0. The molecule has 1 aromatic heterocycles. The fourth-order valence-corrected chi connectivity index (χ4v) is 2.20. The number of nitrogens with two attached hydrogens (primary N) is 1. The van der Waals surface area contributed by atoms with Gasteiger partial charge in [0, 0.05) is 26.0 Å². The lowest BCUT2D eigenvalue weighted by atomic mass is 10.0. The van der Waals surface area contributed by atoms with Gasteiger partial charge in [0.25, 0.3) is 0 Å². The Morgan fingerprint density at radius 1 is 1.25 bits per heavy atom. The third-order valence-electron chi connectivity index (χ3n) is 3.37. The first kappa shape index (κ1) is 17.7. The van der Waals surface area contributed by atoms with Crippen LogP contribution in [0.3, 0.4) is 0 Å². The minimum absolute atomic E-state index is 0.0285. The van der Waals surface area contributed by atoms with Crippen LogP contribution in [0.5, 0.6) is 0 Å². The number of nitrogens with zero attached hydrogens (tertiary/aromatic N) is 2. The summed E-state index contributed by atoms with van der Waals surface area (Å²) in [5.41, 5.74) is 4.91. The van der Waals surface area contributed by atoms with Crippen molar-refractivity contribution in [3.8, 4) is 0 Å². The van der Waals surface area contributed by atoms with Crippen LogP contribution in [0.15, 0.2) is 29.2 Å². The van der Waals surface area contributed by atoms with Gasteiger partial charge < -0.3 is 19.9 Å². The van der Waals surface area contributed by atoms with Crippen molar-refractivity contribution in [2.24, 2.45) is 5.92 Å². The zero-order valence-electron chi connectivity index (χ0n) is 13.4.